The lowest BCUT2D eigenvalue weighted by molar-refractivity contribution is 0.0951. The predicted octanol–water partition coefficient (Wildman–Crippen LogP) is 2.75. The molecule has 1 amide bonds. The van der Waals surface area contributed by atoms with E-state index in [1.54, 1.807) is 25.1 Å². The molecule has 0 saturated heterocycles. The highest BCUT2D eigenvalue weighted by Crippen LogP contribution is 2.30. The molecular weight excluding hydrogens is 344 g/mol. The largest absolute Gasteiger partial charge is 0.497 e. The molecule has 0 atom stereocenters. The molecule has 0 radical (unpaired) electrons. The summed E-state index contributed by atoms with van der Waals surface area (Å²) in [6, 6.07) is 13.4. The van der Waals surface area contributed by atoms with Crippen molar-refractivity contribution >= 4 is 11.7 Å². The fourth-order valence-electron chi connectivity index (χ4n) is 3.18. The van der Waals surface area contributed by atoms with Crippen molar-refractivity contribution in [3.05, 3.63) is 65.4 Å². The number of amides is 1. The number of ether oxygens (including phenoxy) is 2. The molecule has 2 N–H and O–H groups in total. The van der Waals surface area contributed by atoms with Crippen LogP contribution in [0.4, 0.5) is 5.82 Å². The molecule has 1 aliphatic heterocycles. The van der Waals surface area contributed by atoms with Crippen molar-refractivity contribution in [1.29, 1.82) is 0 Å². The Morgan fingerprint density at radius 1 is 1.22 bits per heavy atom. The summed E-state index contributed by atoms with van der Waals surface area (Å²) >= 11 is 0. The Balaban J connectivity index is 1.57. The highest BCUT2D eigenvalue weighted by Gasteiger charge is 2.23. The molecule has 0 fully saturated rings. The lowest BCUT2D eigenvalue weighted by Gasteiger charge is -2.21. The van der Waals surface area contributed by atoms with Crippen molar-refractivity contribution in [1.82, 2.24) is 15.1 Å². The molecule has 7 heteroatoms. The number of para-hydroxylation sites is 1. The minimum Gasteiger partial charge on any atom is -0.497 e. The summed E-state index contributed by atoms with van der Waals surface area (Å²) < 4.78 is 12.4. The topological polar surface area (TPSA) is 77.4 Å². The molecule has 4 rings (SSSR count). The normalized spacial score (nSPS) is 11.8. The van der Waals surface area contributed by atoms with Crippen LogP contribution < -0.4 is 20.1 Å². The van der Waals surface area contributed by atoms with Gasteiger partial charge in [0, 0.05) is 24.7 Å². The zero-order valence-electron chi connectivity index (χ0n) is 15.2. The number of methoxy groups -OCH3 is 2. The van der Waals surface area contributed by atoms with Gasteiger partial charge in [-0.1, -0.05) is 24.3 Å². The second-order valence-electron chi connectivity index (χ2n) is 6.16. The molecule has 2 heterocycles. The van der Waals surface area contributed by atoms with Gasteiger partial charge < -0.3 is 20.1 Å². The first-order chi connectivity index (χ1) is 13.2. The van der Waals surface area contributed by atoms with Crippen LogP contribution in [0.15, 0.2) is 48.7 Å². The first-order valence-electron chi connectivity index (χ1n) is 8.60. The van der Waals surface area contributed by atoms with Crippen LogP contribution >= 0.6 is 0 Å². The van der Waals surface area contributed by atoms with Gasteiger partial charge in [0.15, 0.2) is 0 Å². The monoisotopic (exact) mass is 364 g/mol. The van der Waals surface area contributed by atoms with E-state index in [0.717, 1.165) is 28.3 Å². The van der Waals surface area contributed by atoms with Crippen molar-refractivity contribution in [3.8, 4) is 17.2 Å². The number of anilines is 1. The number of nitrogens with zero attached hydrogens (tertiary/aromatic N) is 2. The van der Waals surface area contributed by atoms with Crippen molar-refractivity contribution in [2.75, 3.05) is 19.5 Å². The van der Waals surface area contributed by atoms with Gasteiger partial charge in [0.05, 0.1) is 26.1 Å². The van der Waals surface area contributed by atoms with E-state index in [4.69, 9.17) is 9.47 Å². The standard InChI is InChI=1S/C20H20N4O3/c1-26-15-8-7-13-10-21-19-16(12-23-24(19)17(13)9-15)20(25)22-11-14-5-3-4-6-18(14)27-2/h3-9,12,21H,10-11H2,1-2H3,(H,22,25). The lowest BCUT2D eigenvalue weighted by atomic mass is 10.1. The highest BCUT2D eigenvalue weighted by molar-refractivity contribution is 5.99. The van der Waals surface area contributed by atoms with E-state index in [1.807, 2.05) is 42.5 Å². The Bertz CT molecular complexity index is 997. The van der Waals surface area contributed by atoms with E-state index in [9.17, 15) is 4.79 Å². The van der Waals surface area contributed by atoms with Gasteiger partial charge in [-0.15, -0.1) is 0 Å². The molecule has 0 unspecified atom stereocenters. The second kappa shape index (κ2) is 7.03. The lowest BCUT2D eigenvalue weighted by Crippen LogP contribution is -2.25. The fourth-order valence-corrected chi connectivity index (χ4v) is 3.18. The number of carbonyl (C=O) groups excluding carboxylic acids is 1. The van der Waals surface area contributed by atoms with E-state index in [1.165, 1.54) is 0 Å². The van der Waals surface area contributed by atoms with Crippen LogP contribution in [0.2, 0.25) is 0 Å². The Labute approximate surface area is 156 Å². The Hall–Kier alpha value is -3.48. The van der Waals surface area contributed by atoms with Crippen LogP contribution in [0.1, 0.15) is 21.5 Å². The molecular formula is C20H20N4O3. The van der Waals surface area contributed by atoms with Gasteiger partial charge in [-0.05, 0) is 17.7 Å². The van der Waals surface area contributed by atoms with Crippen LogP contribution in [0.25, 0.3) is 5.69 Å². The number of hydrogen-bond acceptors (Lipinski definition) is 5. The number of carbonyl (C=O) groups is 1. The number of benzene rings is 2. The molecule has 7 nitrogen and oxygen atoms in total. The summed E-state index contributed by atoms with van der Waals surface area (Å²) in [5.74, 6) is 1.97. The SMILES string of the molecule is COc1ccc2c(c1)-n1ncc(C(=O)NCc3ccccc3OC)c1NC2. The Kier molecular flexibility index (Phi) is 4.42. The minimum absolute atomic E-state index is 0.194. The Morgan fingerprint density at radius 3 is 2.89 bits per heavy atom. The molecule has 1 aromatic heterocycles. The average molecular weight is 364 g/mol. The third-order valence-electron chi connectivity index (χ3n) is 4.61. The highest BCUT2D eigenvalue weighted by atomic mass is 16.5. The van der Waals surface area contributed by atoms with E-state index in [2.05, 4.69) is 15.7 Å². The van der Waals surface area contributed by atoms with Crippen LogP contribution in [-0.4, -0.2) is 29.9 Å². The van der Waals surface area contributed by atoms with E-state index >= 15 is 0 Å². The molecule has 0 aliphatic carbocycles. The molecule has 2 aromatic carbocycles. The zero-order valence-corrected chi connectivity index (χ0v) is 15.2. The first-order valence-corrected chi connectivity index (χ1v) is 8.60. The summed E-state index contributed by atoms with van der Waals surface area (Å²) in [6.45, 7) is 0.996. The van der Waals surface area contributed by atoms with Gasteiger partial charge in [-0.25, -0.2) is 4.68 Å². The van der Waals surface area contributed by atoms with Crippen molar-refractivity contribution in [2.24, 2.45) is 0 Å². The van der Waals surface area contributed by atoms with Gasteiger partial charge in [0.25, 0.3) is 5.91 Å². The number of hydrogen-bond donors (Lipinski definition) is 2. The quantitative estimate of drug-likeness (QED) is 0.728. The number of rotatable bonds is 5. The van der Waals surface area contributed by atoms with E-state index in [0.29, 0.717) is 24.5 Å². The number of nitrogens with one attached hydrogen (secondary N) is 2. The van der Waals surface area contributed by atoms with Crippen LogP contribution in [0, 0.1) is 0 Å². The van der Waals surface area contributed by atoms with E-state index in [-0.39, 0.29) is 5.91 Å². The van der Waals surface area contributed by atoms with E-state index < -0.39 is 0 Å². The summed E-state index contributed by atoms with van der Waals surface area (Å²) in [5, 5.41) is 10.6. The first kappa shape index (κ1) is 17.0. The van der Waals surface area contributed by atoms with Crippen LogP contribution in [0.5, 0.6) is 11.5 Å². The van der Waals surface area contributed by atoms with Crippen LogP contribution in [-0.2, 0) is 13.1 Å². The number of aromatic nitrogens is 2. The molecule has 0 saturated carbocycles. The Morgan fingerprint density at radius 2 is 2.07 bits per heavy atom. The average Bonchev–Trinajstić information content (AvgIpc) is 3.16. The van der Waals surface area contributed by atoms with Crippen molar-refractivity contribution in [2.45, 2.75) is 13.1 Å². The van der Waals surface area contributed by atoms with Crippen LogP contribution in [0.3, 0.4) is 0 Å². The maximum atomic E-state index is 12.7. The molecule has 0 spiro atoms. The van der Waals surface area contributed by atoms with Gasteiger partial charge in [-0.2, -0.15) is 5.10 Å². The molecule has 27 heavy (non-hydrogen) atoms. The predicted molar refractivity (Wildman–Crippen MR) is 102 cm³/mol. The number of fused-ring (bicyclic) bond motifs is 3. The summed E-state index contributed by atoms with van der Waals surface area (Å²) in [7, 11) is 3.24. The maximum absolute atomic E-state index is 12.7. The third-order valence-corrected chi connectivity index (χ3v) is 4.61. The van der Waals surface area contributed by atoms with Gasteiger partial charge in [0.2, 0.25) is 0 Å². The third kappa shape index (κ3) is 3.08. The maximum Gasteiger partial charge on any atom is 0.256 e. The van der Waals surface area contributed by atoms with Gasteiger partial charge >= 0.3 is 0 Å². The molecule has 1 aliphatic rings. The molecule has 0 bridgehead atoms. The second-order valence-corrected chi connectivity index (χ2v) is 6.16. The van der Waals surface area contributed by atoms with Gasteiger partial charge in [-0.3, -0.25) is 4.79 Å². The van der Waals surface area contributed by atoms with Crippen molar-refractivity contribution < 1.29 is 14.3 Å². The van der Waals surface area contributed by atoms with Gasteiger partial charge in [0.1, 0.15) is 22.9 Å². The van der Waals surface area contributed by atoms with Crippen molar-refractivity contribution in [3.63, 3.8) is 0 Å². The molecule has 3 aromatic rings. The zero-order chi connectivity index (χ0) is 18.8. The summed E-state index contributed by atoms with van der Waals surface area (Å²) in [4.78, 5) is 12.7. The summed E-state index contributed by atoms with van der Waals surface area (Å²) in [5.41, 5.74) is 3.41. The minimum atomic E-state index is -0.194. The summed E-state index contributed by atoms with van der Waals surface area (Å²) in [6.07, 6.45) is 1.58. The molecule has 138 valence electrons. The smallest absolute Gasteiger partial charge is 0.256 e. The fraction of sp³-hybridized carbons (Fsp3) is 0.200.